The lowest BCUT2D eigenvalue weighted by Crippen LogP contribution is -2.49. The highest BCUT2D eigenvalue weighted by Gasteiger charge is 2.52. The largest absolute Gasteiger partial charge is 0.465 e. The van der Waals surface area contributed by atoms with E-state index in [1.54, 1.807) is 6.07 Å². The van der Waals surface area contributed by atoms with Crippen LogP contribution in [0.4, 0.5) is 5.69 Å². The van der Waals surface area contributed by atoms with Crippen LogP contribution in [0, 0.1) is 10.8 Å². The first kappa shape index (κ1) is 40.5. The number of ether oxygens (including phenoxy) is 2. The molecule has 13 heteroatoms. The third kappa shape index (κ3) is 5.91. The Morgan fingerprint density at radius 1 is 0.787 bits per heavy atom. The number of nitrogens with zero attached hydrogens (tertiary/aromatic N) is 4. The van der Waals surface area contributed by atoms with Crippen LogP contribution in [-0.2, 0) is 31.9 Å². The molecule has 0 saturated carbocycles. The molecule has 2 saturated heterocycles. The van der Waals surface area contributed by atoms with Crippen LogP contribution < -0.4 is 5.32 Å². The SMILES string of the molecule is CC[C@]12C=C(C(=O)OC)c3c(CC4Nc5cc(Cl)cc(Cl)c5CC4c4c5n(c6ccccc46)[C@H]4N(O)CCC[C@@]4(CC)C=C5C(=O)OC)c4ccccc4n3[C@H]1N(O)CCC2. The lowest BCUT2D eigenvalue weighted by molar-refractivity contribution is -0.203. The van der Waals surface area contributed by atoms with E-state index in [-0.39, 0.29) is 12.0 Å². The first-order chi connectivity index (χ1) is 29.5. The Morgan fingerprint density at radius 3 is 1.92 bits per heavy atom. The molecule has 2 aromatic heterocycles. The quantitative estimate of drug-likeness (QED) is 0.137. The van der Waals surface area contributed by atoms with Gasteiger partial charge in [-0.3, -0.25) is 0 Å². The van der Waals surface area contributed by atoms with Crippen LogP contribution >= 0.6 is 23.2 Å². The number of esters is 2. The normalized spacial score (nSPS) is 27.2. The van der Waals surface area contributed by atoms with E-state index in [4.69, 9.17) is 32.7 Å². The zero-order valence-corrected chi connectivity index (χ0v) is 36.4. The highest BCUT2D eigenvalue weighted by Crippen LogP contribution is 2.58. The number of para-hydroxylation sites is 2. The van der Waals surface area contributed by atoms with Crippen molar-refractivity contribution in [2.45, 2.75) is 89.5 Å². The summed E-state index contributed by atoms with van der Waals surface area (Å²) in [5.41, 5.74) is 6.83. The molecule has 3 N–H and O–H groups in total. The van der Waals surface area contributed by atoms with Crippen LogP contribution in [0.2, 0.25) is 10.0 Å². The number of anilines is 1. The van der Waals surface area contributed by atoms with Crippen molar-refractivity contribution in [3.63, 3.8) is 0 Å². The Kier molecular flexibility index (Phi) is 9.97. The molecule has 318 valence electrons. The molecule has 5 aliphatic heterocycles. The Hall–Kier alpha value is -4.62. The number of hydrogen-bond acceptors (Lipinski definition) is 9. The second-order valence-electron chi connectivity index (χ2n) is 17.6. The molecule has 11 nitrogen and oxygen atoms in total. The van der Waals surface area contributed by atoms with E-state index in [9.17, 15) is 20.0 Å². The first-order valence-corrected chi connectivity index (χ1v) is 22.3. The Bertz CT molecular complexity index is 2700. The van der Waals surface area contributed by atoms with Gasteiger partial charge in [0.1, 0.15) is 12.3 Å². The highest BCUT2D eigenvalue weighted by molar-refractivity contribution is 6.35. The molecule has 0 amide bonds. The maximum absolute atomic E-state index is 14.2. The van der Waals surface area contributed by atoms with Gasteiger partial charge in [0.15, 0.2) is 0 Å². The molecule has 2 fully saturated rings. The topological polar surface area (TPSA) is 121 Å². The van der Waals surface area contributed by atoms with Crippen molar-refractivity contribution in [2.75, 3.05) is 32.6 Å². The molecule has 61 heavy (non-hydrogen) atoms. The van der Waals surface area contributed by atoms with Gasteiger partial charge in [-0.1, -0.05) is 85.6 Å². The van der Waals surface area contributed by atoms with Gasteiger partial charge in [-0.25, -0.2) is 9.59 Å². The Balaban J connectivity index is 1.24. The summed E-state index contributed by atoms with van der Waals surface area (Å²) < 4.78 is 15.5. The van der Waals surface area contributed by atoms with Crippen molar-refractivity contribution in [2.24, 2.45) is 10.8 Å². The minimum atomic E-state index is -0.520. The van der Waals surface area contributed by atoms with Gasteiger partial charge in [-0.05, 0) is 92.3 Å². The van der Waals surface area contributed by atoms with Crippen molar-refractivity contribution in [1.82, 2.24) is 19.3 Å². The molecule has 0 bridgehead atoms. The number of carbonyl (C=O) groups excluding carboxylic acids is 2. The average molecular weight is 865 g/mol. The lowest BCUT2D eigenvalue weighted by Gasteiger charge is -2.50. The number of methoxy groups -OCH3 is 2. The zero-order valence-electron chi connectivity index (χ0n) is 34.9. The summed E-state index contributed by atoms with van der Waals surface area (Å²) in [5, 5.41) is 33.4. The van der Waals surface area contributed by atoms with E-state index < -0.39 is 35.1 Å². The maximum atomic E-state index is 14.2. The van der Waals surface area contributed by atoms with E-state index in [0.717, 1.165) is 87.7 Å². The van der Waals surface area contributed by atoms with Crippen LogP contribution in [0.1, 0.15) is 98.7 Å². The fourth-order valence-corrected chi connectivity index (χ4v) is 12.6. The number of carbonyl (C=O) groups is 2. The summed E-state index contributed by atoms with van der Waals surface area (Å²) >= 11 is 13.8. The number of halogens is 2. The maximum Gasteiger partial charge on any atom is 0.339 e. The standard InChI is InChI=1S/C48H51Cl2N5O6/c1-5-47-17-11-19-52(58)45(47)54-38-15-9-7-13-28(38)30(41(54)33(25-47)43(56)60-3)24-37-32(23-31-35(50)21-27(49)22-36(31)51-37)40-29-14-8-10-16-39(29)55-42(40)34(44(57)61-4)26-48(6-2)18-12-20-53(59)46(48)55/h7-10,13-16,21-22,25-26,32,37,45-46,51,58-59H,5-6,11-12,17-20,23-24H2,1-4H3/t32?,37?,45-,46-,47+,48+/m1/s1. The summed E-state index contributed by atoms with van der Waals surface area (Å²) in [4.78, 5) is 28.3. The predicted octanol–water partition coefficient (Wildman–Crippen LogP) is 10.2. The fourth-order valence-electron chi connectivity index (χ4n) is 12.1. The summed E-state index contributed by atoms with van der Waals surface area (Å²) in [6.07, 6.45) is 8.81. The van der Waals surface area contributed by atoms with Gasteiger partial charge in [0.05, 0.1) is 47.8 Å². The monoisotopic (exact) mass is 863 g/mol. The van der Waals surface area contributed by atoms with E-state index in [0.29, 0.717) is 53.5 Å². The molecule has 0 aliphatic carbocycles. The van der Waals surface area contributed by atoms with Crippen LogP contribution in [0.15, 0.2) is 72.8 Å². The average Bonchev–Trinajstić information content (AvgIpc) is 3.78. The van der Waals surface area contributed by atoms with Crippen molar-refractivity contribution in [1.29, 1.82) is 0 Å². The molecule has 5 aliphatic rings. The summed E-state index contributed by atoms with van der Waals surface area (Å²) in [7, 11) is 2.84. The van der Waals surface area contributed by atoms with Crippen LogP contribution in [0.25, 0.3) is 33.0 Å². The van der Waals surface area contributed by atoms with Crippen molar-refractivity contribution in [3.05, 3.63) is 111 Å². The zero-order chi connectivity index (χ0) is 42.5. The molecular formula is C48H51Cl2N5O6. The minimum absolute atomic E-state index is 0.299. The third-order valence-electron chi connectivity index (χ3n) is 14.8. The van der Waals surface area contributed by atoms with Gasteiger partial charge in [0.2, 0.25) is 0 Å². The van der Waals surface area contributed by atoms with Gasteiger partial charge in [-0.2, -0.15) is 10.1 Å². The van der Waals surface area contributed by atoms with Gasteiger partial charge >= 0.3 is 11.9 Å². The van der Waals surface area contributed by atoms with Gasteiger partial charge in [0.25, 0.3) is 0 Å². The van der Waals surface area contributed by atoms with Gasteiger partial charge < -0.3 is 34.3 Å². The number of hydrogen-bond donors (Lipinski definition) is 3. The molecule has 3 aromatic carbocycles. The Labute approximate surface area is 365 Å². The van der Waals surface area contributed by atoms with Crippen molar-refractivity contribution in [3.8, 4) is 0 Å². The number of fused-ring (bicyclic) bond motifs is 11. The third-order valence-corrected chi connectivity index (χ3v) is 15.4. The minimum Gasteiger partial charge on any atom is -0.465 e. The second kappa shape index (κ2) is 15.0. The van der Waals surface area contributed by atoms with Crippen LogP contribution in [-0.4, -0.2) is 75.0 Å². The van der Waals surface area contributed by atoms with Crippen molar-refractivity contribution < 1.29 is 29.5 Å². The van der Waals surface area contributed by atoms with Gasteiger partial charge in [0, 0.05) is 62.4 Å². The number of nitrogens with one attached hydrogen (secondary N) is 1. The first-order valence-electron chi connectivity index (χ1n) is 21.5. The molecule has 0 radical (unpaired) electrons. The molecule has 2 unspecified atom stereocenters. The number of benzene rings is 3. The fraction of sp³-hybridized carbons (Fsp3) is 0.417. The summed E-state index contributed by atoms with van der Waals surface area (Å²) in [6.45, 7) is 5.25. The van der Waals surface area contributed by atoms with E-state index >= 15 is 0 Å². The molecule has 6 atom stereocenters. The van der Waals surface area contributed by atoms with E-state index in [2.05, 4.69) is 64.7 Å². The van der Waals surface area contributed by atoms with E-state index in [1.165, 1.54) is 24.3 Å². The second-order valence-corrected chi connectivity index (χ2v) is 18.4. The van der Waals surface area contributed by atoms with E-state index in [1.807, 2.05) is 30.3 Å². The van der Waals surface area contributed by atoms with Crippen molar-refractivity contribution >= 4 is 73.8 Å². The molecule has 10 rings (SSSR count). The van der Waals surface area contributed by atoms with Crippen LogP contribution in [0.3, 0.4) is 0 Å². The smallest absolute Gasteiger partial charge is 0.339 e. The highest BCUT2D eigenvalue weighted by atomic mass is 35.5. The number of piperidine rings is 2. The summed E-state index contributed by atoms with van der Waals surface area (Å²) in [5.74, 6) is -1.16. The molecule has 7 heterocycles. The molecular weight excluding hydrogens is 813 g/mol. The summed E-state index contributed by atoms with van der Waals surface area (Å²) in [6, 6.07) is 19.7. The number of hydroxylamine groups is 4. The van der Waals surface area contributed by atoms with Crippen LogP contribution in [0.5, 0.6) is 0 Å². The predicted molar refractivity (Wildman–Crippen MR) is 237 cm³/mol. The molecule has 0 spiro atoms. The van der Waals surface area contributed by atoms with Gasteiger partial charge in [-0.15, -0.1) is 0 Å². The molecule has 5 aromatic rings. The lowest BCUT2D eigenvalue weighted by atomic mass is 9.70. The Morgan fingerprint density at radius 2 is 1.33 bits per heavy atom. The number of rotatable bonds is 7. The number of aromatic nitrogens is 2.